The van der Waals surface area contributed by atoms with Crippen molar-refractivity contribution in [2.45, 2.75) is 39.3 Å². The topological polar surface area (TPSA) is 90.5 Å². The SMILES string of the molecule is Cc1nn2cc1C1=CCc3nnc(cc31)-c1cn(C)nc1CNC(=O)CCC2. The summed E-state index contributed by atoms with van der Waals surface area (Å²) in [5.41, 5.74) is 7.79. The fourth-order valence-corrected chi connectivity index (χ4v) is 3.94. The van der Waals surface area contributed by atoms with Gasteiger partial charge < -0.3 is 5.32 Å². The molecule has 1 amide bonds. The zero-order valence-corrected chi connectivity index (χ0v) is 15.9. The van der Waals surface area contributed by atoms with Gasteiger partial charge in [-0.05, 0) is 25.0 Å². The molecule has 0 aromatic carbocycles. The predicted molar refractivity (Wildman–Crippen MR) is 103 cm³/mol. The molecule has 1 aliphatic carbocycles. The Labute approximate surface area is 162 Å². The number of carbonyl (C=O) groups excluding carboxylic acids is 1. The highest BCUT2D eigenvalue weighted by Gasteiger charge is 2.23. The Morgan fingerprint density at radius 2 is 1.96 bits per heavy atom. The van der Waals surface area contributed by atoms with Gasteiger partial charge in [-0.15, -0.1) is 0 Å². The van der Waals surface area contributed by atoms with Crippen molar-refractivity contribution in [3.8, 4) is 11.3 Å². The van der Waals surface area contributed by atoms with Gasteiger partial charge in [0.1, 0.15) is 0 Å². The molecule has 3 aromatic heterocycles. The van der Waals surface area contributed by atoms with Gasteiger partial charge in [-0.3, -0.25) is 14.2 Å². The Kier molecular flexibility index (Phi) is 3.85. The molecule has 2 aliphatic rings. The number of allylic oxidation sites excluding steroid dienone is 1. The number of fused-ring (bicyclic) bond motifs is 6. The number of hydrogen-bond donors (Lipinski definition) is 1. The Balaban J connectivity index is 1.66. The maximum atomic E-state index is 12.2. The van der Waals surface area contributed by atoms with Crippen LogP contribution in [0.3, 0.4) is 0 Å². The van der Waals surface area contributed by atoms with E-state index in [-0.39, 0.29) is 5.91 Å². The van der Waals surface area contributed by atoms with E-state index in [0.29, 0.717) is 19.5 Å². The monoisotopic (exact) mass is 375 g/mol. The lowest BCUT2D eigenvalue weighted by Gasteiger charge is -2.08. The van der Waals surface area contributed by atoms with Crippen LogP contribution in [-0.4, -0.2) is 35.7 Å². The van der Waals surface area contributed by atoms with E-state index in [1.54, 1.807) is 4.68 Å². The zero-order valence-electron chi connectivity index (χ0n) is 15.9. The van der Waals surface area contributed by atoms with Crippen LogP contribution in [0.5, 0.6) is 0 Å². The first-order valence-corrected chi connectivity index (χ1v) is 9.49. The minimum atomic E-state index is 0.0133. The molecule has 0 fully saturated rings. The minimum absolute atomic E-state index is 0.0133. The van der Waals surface area contributed by atoms with Gasteiger partial charge in [-0.25, -0.2) is 0 Å². The van der Waals surface area contributed by atoms with E-state index in [1.807, 2.05) is 24.9 Å². The maximum absolute atomic E-state index is 12.2. The van der Waals surface area contributed by atoms with Crippen molar-refractivity contribution in [3.05, 3.63) is 52.7 Å². The lowest BCUT2D eigenvalue weighted by molar-refractivity contribution is -0.121. The third-order valence-electron chi connectivity index (χ3n) is 5.32. The molecular weight excluding hydrogens is 354 g/mol. The smallest absolute Gasteiger partial charge is 0.220 e. The van der Waals surface area contributed by atoms with Crippen molar-refractivity contribution in [2.24, 2.45) is 7.05 Å². The molecule has 8 heteroatoms. The molecule has 0 atom stereocenters. The number of carbonyl (C=O) groups is 1. The molecule has 0 saturated carbocycles. The molecule has 0 radical (unpaired) electrons. The summed E-state index contributed by atoms with van der Waals surface area (Å²) in [7, 11) is 1.87. The molecule has 0 unspecified atom stereocenters. The summed E-state index contributed by atoms with van der Waals surface area (Å²) in [4.78, 5) is 12.2. The molecule has 0 saturated heterocycles. The van der Waals surface area contributed by atoms with Crippen molar-refractivity contribution in [3.63, 3.8) is 0 Å². The summed E-state index contributed by atoms with van der Waals surface area (Å²) in [5.74, 6) is 0.0133. The van der Waals surface area contributed by atoms with Crippen molar-refractivity contribution >= 4 is 11.5 Å². The zero-order chi connectivity index (χ0) is 19.3. The van der Waals surface area contributed by atoms with Crippen molar-refractivity contribution < 1.29 is 4.79 Å². The summed E-state index contributed by atoms with van der Waals surface area (Å²) < 4.78 is 3.68. The Morgan fingerprint density at radius 3 is 2.86 bits per heavy atom. The van der Waals surface area contributed by atoms with Crippen molar-refractivity contribution in [1.29, 1.82) is 0 Å². The Bertz CT molecular complexity index is 1120. The molecular formula is C20H21N7O. The first kappa shape index (κ1) is 16.9. The molecule has 4 bridgehead atoms. The van der Waals surface area contributed by atoms with E-state index in [2.05, 4.69) is 44.1 Å². The summed E-state index contributed by atoms with van der Waals surface area (Å²) in [6.07, 6.45) is 8.17. The lowest BCUT2D eigenvalue weighted by Crippen LogP contribution is -2.23. The van der Waals surface area contributed by atoms with Gasteiger partial charge in [0, 0.05) is 55.5 Å². The normalized spacial score (nSPS) is 16.1. The highest BCUT2D eigenvalue weighted by Crippen LogP contribution is 2.35. The molecule has 28 heavy (non-hydrogen) atoms. The van der Waals surface area contributed by atoms with Gasteiger partial charge in [0.05, 0.1) is 29.3 Å². The summed E-state index contributed by atoms with van der Waals surface area (Å²) >= 11 is 0. The molecule has 1 N–H and O–H groups in total. The van der Waals surface area contributed by atoms with Crippen LogP contribution in [0.2, 0.25) is 0 Å². The number of rotatable bonds is 0. The van der Waals surface area contributed by atoms with Crippen LogP contribution >= 0.6 is 0 Å². The first-order chi connectivity index (χ1) is 13.6. The predicted octanol–water partition coefficient (Wildman–Crippen LogP) is 1.78. The van der Waals surface area contributed by atoms with Crippen molar-refractivity contribution in [2.75, 3.05) is 0 Å². The standard InChI is InChI=1S/C20H21N7O/c1-12-15-11-27(24-12)7-3-4-20(28)21-9-19-16(10-26(2)25-19)18-8-14-13(15)5-6-17(14)22-23-18/h5,8,10-11H,3-4,6-7,9H2,1-2H3,(H,21,28). The average molecular weight is 375 g/mol. The van der Waals surface area contributed by atoms with Gasteiger partial charge >= 0.3 is 0 Å². The van der Waals surface area contributed by atoms with Crippen molar-refractivity contribution in [1.82, 2.24) is 35.1 Å². The third-order valence-corrected chi connectivity index (χ3v) is 5.32. The number of nitrogens with zero attached hydrogens (tertiary/aromatic N) is 6. The second-order valence-corrected chi connectivity index (χ2v) is 7.35. The second-order valence-electron chi connectivity index (χ2n) is 7.35. The molecule has 5 rings (SSSR count). The number of amides is 1. The van der Waals surface area contributed by atoms with E-state index < -0.39 is 0 Å². The molecule has 8 nitrogen and oxygen atoms in total. The van der Waals surface area contributed by atoms with Crippen LogP contribution in [0.25, 0.3) is 16.8 Å². The highest BCUT2D eigenvalue weighted by atomic mass is 16.1. The number of hydrogen-bond acceptors (Lipinski definition) is 5. The van der Waals surface area contributed by atoms with Gasteiger partial charge in [0.25, 0.3) is 0 Å². The quantitative estimate of drug-likeness (QED) is 0.647. The second kappa shape index (κ2) is 6.40. The van der Waals surface area contributed by atoms with Gasteiger partial charge in [-0.2, -0.15) is 20.4 Å². The molecule has 0 spiro atoms. The minimum Gasteiger partial charge on any atom is -0.350 e. The molecule has 3 aromatic rings. The van der Waals surface area contributed by atoms with E-state index in [9.17, 15) is 4.79 Å². The van der Waals surface area contributed by atoms with Crippen LogP contribution < -0.4 is 5.32 Å². The third kappa shape index (κ3) is 2.81. The van der Waals surface area contributed by atoms with E-state index in [4.69, 9.17) is 0 Å². The summed E-state index contributed by atoms with van der Waals surface area (Å²) in [6.45, 7) is 3.11. The number of nitrogens with one attached hydrogen (secondary N) is 1. The van der Waals surface area contributed by atoms with E-state index in [0.717, 1.165) is 57.9 Å². The van der Waals surface area contributed by atoms with Gasteiger partial charge in [-0.1, -0.05) is 6.08 Å². The van der Waals surface area contributed by atoms with Crippen LogP contribution in [0, 0.1) is 6.92 Å². The Hall–Kier alpha value is -3.29. The molecule has 4 heterocycles. The van der Waals surface area contributed by atoms with Crippen LogP contribution in [0.15, 0.2) is 24.5 Å². The summed E-state index contributed by atoms with van der Waals surface area (Å²) in [6, 6.07) is 2.08. The maximum Gasteiger partial charge on any atom is 0.220 e. The lowest BCUT2D eigenvalue weighted by atomic mass is 10.0. The fourth-order valence-electron chi connectivity index (χ4n) is 3.94. The van der Waals surface area contributed by atoms with Crippen LogP contribution in [0.4, 0.5) is 0 Å². The van der Waals surface area contributed by atoms with Crippen LogP contribution in [-0.2, 0) is 31.4 Å². The molecule has 142 valence electrons. The average Bonchev–Trinajstić information content (AvgIpc) is 3.35. The number of aryl methyl sites for hydroxylation is 3. The summed E-state index contributed by atoms with van der Waals surface area (Å²) in [5, 5.41) is 21.0. The number of aromatic nitrogens is 6. The fraction of sp³-hybridized carbons (Fsp3) is 0.350. The van der Waals surface area contributed by atoms with Gasteiger partial charge in [0.2, 0.25) is 5.91 Å². The Morgan fingerprint density at radius 1 is 1.07 bits per heavy atom. The van der Waals surface area contributed by atoms with E-state index in [1.165, 1.54) is 0 Å². The van der Waals surface area contributed by atoms with Crippen LogP contribution in [0.1, 0.15) is 41.1 Å². The highest BCUT2D eigenvalue weighted by molar-refractivity contribution is 5.86. The largest absolute Gasteiger partial charge is 0.350 e. The van der Waals surface area contributed by atoms with E-state index >= 15 is 0 Å². The van der Waals surface area contributed by atoms with Gasteiger partial charge in [0.15, 0.2) is 0 Å². The molecule has 1 aliphatic heterocycles. The first-order valence-electron chi connectivity index (χ1n) is 9.49.